The largest absolute Gasteiger partial charge is 0.481 e. The van der Waals surface area contributed by atoms with E-state index in [1.807, 2.05) is 0 Å². The normalized spacial score (nSPS) is 25.8. The molecule has 7 nitrogen and oxygen atoms in total. The number of nitrogens with zero attached hydrogens (tertiary/aromatic N) is 3. The minimum absolute atomic E-state index is 0.0146. The summed E-state index contributed by atoms with van der Waals surface area (Å²) >= 11 is 0. The van der Waals surface area contributed by atoms with Gasteiger partial charge >= 0.3 is 5.97 Å². The molecule has 1 aliphatic heterocycles. The lowest BCUT2D eigenvalue weighted by molar-refractivity contribution is -0.149. The number of carboxylic acid groups (broad SMARTS) is 1. The first kappa shape index (κ1) is 14.9. The fourth-order valence-electron chi connectivity index (χ4n) is 4.14. The van der Waals surface area contributed by atoms with E-state index in [1.165, 1.54) is 15.5 Å². The highest BCUT2D eigenvalue weighted by atomic mass is 16.4. The number of likely N-dealkylation sites (tertiary alicyclic amines) is 1. The summed E-state index contributed by atoms with van der Waals surface area (Å²) in [5.41, 5.74) is -0.818. The van der Waals surface area contributed by atoms with Gasteiger partial charge in [0.15, 0.2) is 0 Å². The third-order valence-corrected chi connectivity index (χ3v) is 5.43. The van der Waals surface area contributed by atoms with Crippen molar-refractivity contribution in [1.29, 1.82) is 0 Å². The number of amides is 1. The van der Waals surface area contributed by atoms with Gasteiger partial charge in [0.2, 0.25) is 0 Å². The van der Waals surface area contributed by atoms with Crippen molar-refractivity contribution in [2.75, 3.05) is 13.1 Å². The van der Waals surface area contributed by atoms with Crippen LogP contribution in [-0.4, -0.2) is 44.4 Å². The first-order valence-corrected chi connectivity index (χ1v) is 8.02. The van der Waals surface area contributed by atoms with Gasteiger partial charge in [0.1, 0.15) is 11.2 Å². The predicted molar refractivity (Wildman–Crippen MR) is 84.8 cm³/mol. The molecule has 2 aromatic rings. The van der Waals surface area contributed by atoms with E-state index in [2.05, 4.69) is 4.98 Å². The number of hydrogen-bond acceptors (Lipinski definition) is 4. The van der Waals surface area contributed by atoms with E-state index >= 15 is 0 Å². The van der Waals surface area contributed by atoms with Crippen LogP contribution in [0, 0.1) is 11.3 Å². The molecule has 0 aromatic carbocycles. The Morgan fingerprint density at radius 3 is 2.92 bits per heavy atom. The van der Waals surface area contributed by atoms with E-state index in [1.54, 1.807) is 24.4 Å². The summed E-state index contributed by atoms with van der Waals surface area (Å²) in [5, 5.41) is 9.62. The number of carbonyl (C=O) groups excluding carboxylic acids is 1. The zero-order valence-electron chi connectivity index (χ0n) is 13.0. The third-order valence-electron chi connectivity index (χ3n) is 5.43. The molecule has 1 N–H and O–H groups in total. The van der Waals surface area contributed by atoms with Gasteiger partial charge in [-0.2, -0.15) is 0 Å². The lowest BCUT2D eigenvalue weighted by Crippen LogP contribution is -2.39. The zero-order chi connectivity index (χ0) is 16.9. The standard InChI is InChI=1S/C17H17N3O4/c21-14(12-8-18-13-5-1-2-7-20(13)15(12)22)19-9-11-4-3-6-17(11,10-19)16(23)24/h1-2,5,7-8,11H,3-4,6,9-10H2,(H,23,24)/t11-,17+/m0/s1. The minimum atomic E-state index is -0.851. The van der Waals surface area contributed by atoms with Crippen LogP contribution in [0.1, 0.15) is 29.6 Å². The zero-order valence-corrected chi connectivity index (χ0v) is 13.0. The number of carbonyl (C=O) groups is 2. The Morgan fingerprint density at radius 1 is 1.33 bits per heavy atom. The Balaban J connectivity index is 1.70. The van der Waals surface area contributed by atoms with Crippen LogP contribution in [0.25, 0.3) is 5.65 Å². The molecule has 1 saturated carbocycles. The molecule has 0 unspecified atom stereocenters. The molecule has 0 spiro atoms. The number of aromatic nitrogens is 2. The number of hydrogen-bond donors (Lipinski definition) is 1. The van der Waals surface area contributed by atoms with E-state index < -0.39 is 22.9 Å². The van der Waals surface area contributed by atoms with Crippen LogP contribution in [0.15, 0.2) is 35.4 Å². The van der Waals surface area contributed by atoms with Crippen molar-refractivity contribution >= 4 is 17.5 Å². The molecule has 0 bridgehead atoms. The van der Waals surface area contributed by atoms with Gasteiger partial charge in [0, 0.05) is 25.5 Å². The first-order valence-electron chi connectivity index (χ1n) is 8.02. The Hall–Kier alpha value is -2.70. The van der Waals surface area contributed by atoms with Crippen molar-refractivity contribution in [3.8, 4) is 0 Å². The number of carboxylic acids is 1. The number of pyridine rings is 1. The fraction of sp³-hybridized carbons (Fsp3) is 0.412. The van der Waals surface area contributed by atoms with E-state index in [9.17, 15) is 19.5 Å². The van der Waals surface area contributed by atoms with Gasteiger partial charge in [0.25, 0.3) is 11.5 Å². The summed E-state index contributed by atoms with van der Waals surface area (Å²) in [6, 6.07) is 5.15. The van der Waals surface area contributed by atoms with Crippen molar-refractivity contribution < 1.29 is 14.7 Å². The van der Waals surface area contributed by atoms with Crippen molar-refractivity contribution in [3.05, 3.63) is 46.5 Å². The molecule has 1 saturated heterocycles. The smallest absolute Gasteiger partial charge is 0.311 e. The second kappa shape index (κ2) is 5.15. The summed E-state index contributed by atoms with van der Waals surface area (Å²) in [5.74, 6) is -1.30. The summed E-state index contributed by atoms with van der Waals surface area (Å²) < 4.78 is 1.33. The minimum Gasteiger partial charge on any atom is -0.481 e. The quantitative estimate of drug-likeness (QED) is 0.889. The number of rotatable bonds is 2. The van der Waals surface area contributed by atoms with Gasteiger partial charge < -0.3 is 10.0 Å². The molecule has 24 heavy (non-hydrogen) atoms. The Kier molecular flexibility index (Phi) is 3.19. The molecular weight excluding hydrogens is 310 g/mol. The molecule has 2 fully saturated rings. The Labute approximate surface area is 137 Å². The third kappa shape index (κ3) is 1.97. The first-order chi connectivity index (χ1) is 11.5. The van der Waals surface area contributed by atoms with E-state index in [4.69, 9.17) is 0 Å². The fourth-order valence-corrected chi connectivity index (χ4v) is 4.14. The van der Waals surface area contributed by atoms with Gasteiger partial charge in [0.05, 0.1) is 5.41 Å². The molecule has 1 aliphatic carbocycles. The van der Waals surface area contributed by atoms with Crippen molar-refractivity contribution in [2.24, 2.45) is 11.3 Å². The van der Waals surface area contributed by atoms with Crippen LogP contribution < -0.4 is 5.56 Å². The molecule has 2 aliphatic rings. The average Bonchev–Trinajstić information content (AvgIpc) is 3.13. The Bertz CT molecular complexity index is 906. The van der Waals surface area contributed by atoms with Crippen molar-refractivity contribution in [2.45, 2.75) is 19.3 Å². The molecule has 3 heterocycles. The number of aliphatic carboxylic acids is 1. The molecule has 7 heteroatoms. The highest BCUT2D eigenvalue weighted by Crippen LogP contribution is 2.49. The second-order valence-electron chi connectivity index (χ2n) is 6.64. The predicted octanol–water partition coefficient (Wildman–Crippen LogP) is 1.02. The maximum Gasteiger partial charge on any atom is 0.311 e. The van der Waals surface area contributed by atoms with Crippen molar-refractivity contribution in [1.82, 2.24) is 14.3 Å². The Morgan fingerprint density at radius 2 is 2.17 bits per heavy atom. The topological polar surface area (TPSA) is 92.0 Å². The van der Waals surface area contributed by atoms with E-state index in [0.717, 1.165) is 12.8 Å². The SMILES string of the molecule is O=C(c1cnc2ccccn2c1=O)N1C[C@@H]2CCC[C@@]2(C(=O)O)C1. The summed E-state index contributed by atoms with van der Waals surface area (Å²) in [7, 11) is 0. The lowest BCUT2D eigenvalue weighted by Gasteiger charge is -2.23. The van der Waals surface area contributed by atoms with Crippen LogP contribution in [0.4, 0.5) is 0 Å². The molecule has 1 amide bonds. The average molecular weight is 327 g/mol. The van der Waals surface area contributed by atoms with Crippen LogP contribution >= 0.6 is 0 Å². The van der Waals surface area contributed by atoms with Crippen LogP contribution in [0.5, 0.6) is 0 Å². The van der Waals surface area contributed by atoms with E-state index in [0.29, 0.717) is 18.6 Å². The highest BCUT2D eigenvalue weighted by Gasteiger charge is 2.56. The van der Waals surface area contributed by atoms with E-state index in [-0.39, 0.29) is 18.0 Å². The molecule has 124 valence electrons. The molecule has 2 atom stereocenters. The summed E-state index contributed by atoms with van der Waals surface area (Å²) in [4.78, 5) is 42.7. The number of fused-ring (bicyclic) bond motifs is 2. The van der Waals surface area contributed by atoms with Crippen LogP contribution in [-0.2, 0) is 4.79 Å². The summed E-state index contributed by atoms with van der Waals surface area (Å²) in [6.07, 6.45) is 5.14. The van der Waals surface area contributed by atoms with Gasteiger partial charge in [-0.05, 0) is 30.9 Å². The maximum atomic E-state index is 12.8. The van der Waals surface area contributed by atoms with Crippen LogP contribution in [0.3, 0.4) is 0 Å². The molecule has 0 radical (unpaired) electrons. The highest BCUT2D eigenvalue weighted by molar-refractivity contribution is 5.94. The molecular formula is C17H17N3O4. The van der Waals surface area contributed by atoms with Crippen LogP contribution in [0.2, 0.25) is 0 Å². The summed E-state index contributed by atoms with van der Waals surface area (Å²) in [6.45, 7) is 0.560. The van der Waals surface area contributed by atoms with Crippen molar-refractivity contribution in [3.63, 3.8) is 0 Å². The van der Waals surface area contributed by atoms with Gasteiger partial charge in [-0.15, -0.1) is 0 Å². The molecule has 2 aromatic heterocycles. The molecule has 4 rings (SSSR count). The lowest BCUT2D eigenvalue weighted by atomic mass is 9.81. The maximum absolute atomic E-state index is 12.8. The van der Waals surface area contributed by atoms with Gasteiger partial charge in [-0.25, -0.2) is 4.98 Å². The van der Waals surface area contributed by atoms with Gasteiger partial charge in [-0.1, -0.05) is 12.5 Å². The monoisotopic (exact) mass is 327 g/mol. The second-order valence-corrected chi connectivity index (χ2v) is 6.64. The van der Waals surface area contributed by atoms with Gasteiger partial charge in [-0.3, -0.25) is 18.8 Å².